The molecule has 0 unspecified atom stereocenters. The largest absolute Gasteiger partial charge is 0.313 e. The van der Waals surface area contributed by atoms with Crippen LogP contribution in [0.1, 0.15) is 50.3 Å². The van der Waals surface area contributed by atoms with Gasteiger partial charge >= 0.3 is 0 Å². The molecule has 34 heavy (non-hydrogen) atoms. The highest BCUT2D eigenvalue weighted by molar-refractivity contribution is 9.10. The topological polar surface area (TPSA) is 44.2 Å². The van der Waals surface area contributed by atoms with Gasteiger partial charge in [0.25, 0.3) is 5.56 Å². The molecule has 4 aromatic rings. The number of halogens is 1. The molecule has 1 saturated carbocycles. The molecule has 5 rings (SSSR count). The van der Waals surface area contributed by atoms with E-state index in [1.54, 1.807) is 16.0 Å². The van der Waals surface area contributed by atoms with E-state index in [1.807, 2.05) is 49.0 Å². The predicted octanol–water partition coefficient (Wildman–Crippen LogP) is 6.90. The average Bonchev–Trinajstić information content (AvgIpc) is 3.19. The van der Waals surface area contributed by atoms with Crippen molar-refractivity contribution in [3.8, 4) is 16.9 Å². The Morgan fingerprint density at radius 3 is 2.44 bits per heavy atom. The summed E-state index contributed by atoms with van der Waals surface area (Å²) in [6, 6.07) is 18.6. The van der Waals surface area contributed by atoms with Crippen LogP contribution in [0.15, 0.2) is 74.2 Å². The van der Waals surface area contributed by atoms with Gasteiger partial charge in [-0.3, -0.25) is 9.48 Å². The van der Waals surface area contributed by atoms with Gasteiger partial charge < -0.3 is 4.57 Å². The third kappa shape index (κ3) is 4.39. The zero-order valence-electron chi connectivity index (χ0n) is 19.6. The van der Waals surface area contributed by atoms with E-state index in [-0.39, 0.29) is 5.56 Å². The lowest BCUT2D eigenvalue weighted by molar-refractivity contribution is 0.439. The summed E-state index contributed by atoms with van der Waals surface area (Å²) < 4.78 is 7.06. The van der Waals surface area contributed by atoms with Gasteiger partial charge in [0.1, 0.15) is 0 Å². The molecule has 0 amide bonds. The predicted molar refractivity (Wildman–Crippen MR) is 143 cm³/mol. The zero-order chi connectivity index (χ0) is 23.7. The second-order valence-corrected chi connectivity index (χ2v) is 10.7. The van der Waals surface area contributed by atoms with Crippen molar-refractivity contribution in [2.45, 2.75) is 51.5 Å². The van der Waals surface area contributed by atoms with E-state index in [0.29, 0.717) is 11.7 Å². The minimum atomic E-state index is -0.0870. The van der Waals surface area contributed by atoms with Gasteiger partial charge in [-0.05, 0) is 44.0 Å². The number of rotatable bonds is 4. The average molecular weight is 538 g/mol. The number of aromatic nitrogens is 3. The highest BCUT2D eigenvalue weighted by Crippen LogP contribution is 2.32. The Balaban J connectivity index is 1.71. The van der Waals surface area contributed by atoms with Gasteiger partial charge in [0.15, 0.2) is 10.5 Å². The lowest BCUT2D eigenvalue weighted by Gasteiger charge is -2.20. The van der Waals surface area contributed by atoms with Crippen LogP contribution in [0, 0.1) is 6.92 Å². The molecule has 0 N–H and O–H groups in total. The summed E-state index contributed by atoms with van der Waals surface area (Å²) >= 11 is 5.25. The molecule has 2 aromatic heterocycles. The molecule has 1 aliphatic carbocycles. The van der Waals surface area contributed by atoms with E-state index in [0.717, 1.165) is 33.5 Å². The van der Waals surface area contributed by atoms with Crippen molar-refractivity contribution in [3.05, 3.63) is 85.3 Å². The summed E-state index contributed by atoms with van der Waals surface area (Å²) in [5.74, 6) is 0. The quantitative estimate of drug-likeness (QED) is 0.261. The summed E-state index contributed by atoms with van der Waals surface area (Å²) in [4.78, 5) is 19.5. The van der Waals surface area contributed by atoms with Gasteiger partial charge in [-0.25, -0.2) is 9.67 Å². The third-order valence-electron chi connectivity index (χ3n) is 6.78. The molecule has 0 atom stereocenters. The van der Waals surface area contributed by atoms with E-state index in [9.17, 15) is 4.79 Å². The molecular formula is C27H29BrN4OS. The minimum absolute atomic E-state index is 0.0870. The van der Waals surface area contributed by atoms with Gasteiger partial charge in [-0.1, -0.05) is 71.9 Å². The molecule has 7 heteroatoms. The molecule has 5 nitrogen and oxygen atoms in total. The molecule has 176 valence electrons. The number of hydrogen-bond donors (Lipinski definition) is 0. The number of nitrogens with zero attached hydrogens (tertiary/aromatic N) is 4. The second-order valence-electron chi connectivity index (χ2n) is 8.95. The Morgan fingerprint density at radius 1 is 1.00 bits per heavy atom. The van der Waals surface area contributed by atoms with Gasteiger partial charge in [0, 0.05) is 28.5 Å². The van der Waals surface area contributed by atoms with Crippen molar-refractivity contribution < 1.29 is 0 Å². The monoisotopic (exact) mass is 536 g/mol. The number of para-hydroxylation sites is 1. The molecule has 0 spiro atoms. The first-order valence-corrected chi connectivity index (χ1v) is 13.6. The first kappa shape index (κ1) is 23.1. The Bertz CT molecular complexity index is 1420. The first-order valence-electron chi connectivity index (χ1n) is 11.9. The van der Waals surface area contributed by atoms with Gasteiger partial charge in [0.2, 0.25) is 0 Å². The second kappa shape index (κ2) is 9.92. The highest BCUT2D eigenvalue weighted by Gasteiger charge is 2.21. The molecule has 0 radical (unpaired) electrons. The van der Waals surface area contributed by atoms with Crippen LogP contribution in [0.4, 0.5) is 5.69 Å². The fourth-order valence-electron chi connectivity index (χ4n) is 4.91. The standard InChI is InChI=1S/C27H29BrN4OS/c1-19-25(26(33)32(30(19)2)23-15-8-5-9-16-23)29-27-31(22-13-6-3-4-7-14-22)24(18-34-27)20-11-10-12-21(28)17-20/h5,8-12,15-18,22H,3-4,6-7,13-14H2,1-2H3. The third-order valence-corrected chi connectivity index (χ3v) is 8.12. The van der Waals surface area contributed by atoms with E-state index in [1.165, 1.54) is 36.9 Å². The number of thiazole rings is 1. The SMILES string of the molecule is Cc1c(N=c2scc(-c3cccc(Br)c3)n2C2CCCCCC2)c(=O)n(-c2ccccc2)n1C. The molecule has 2 aromatic carbocycles. The molecule has 0 bridgehead atoms. The van der Waals surface area contributed by atoms with Crippen LogP contribution < -0.4 is 10.4 Å². The van der Waals surface area contributed by atoms with Crippen LogP contribution >= 0.6 is 27.3 Å². The Hall–Kier alpha value is -2.64. The minimum Gasteiger partial charge on any atom is -0.313 e. The molecule has 0 saturated heterocycles. The van der Waals surface area contributed by atoms with Crippen LogP contribution in [0.25, 0.3) is 16.9 Å². The van der Waals surface area contributed by atoms with Gasteiger partial charge in [-0.2, -0.15) is 0 Å². The van der Waals surface area contributed by atoms with Crippen LogP contribution in [-0.2, 0) is 7.05 Å². The molecular weight excluding hydrogens is 508 g/mol. The van der Waals surface area contributed by atoms with E-state index >= 15 is 0 Å². The van der Waals surface area contributed by atoms with Gasteiger partial charge in [0.05, 0.1) is 17.1 Å². The number of benzene rings is 2. The molecule has 2 heterocycles. The lowest BCUT2D eigenvalue weighted by Crippen LogP contribution is -2.23. The van der Waals surface area contributed by atoms with Crippen molar-refractivity contribution >= 4 is 33.0 Å². The fraction of sp³-hybridized carbons (Fsp3) is 0.333. The molecule has 1 aliphatic rings. The summed E-state index contributed by atoms with van der Waals surface area (Å²) in [5, 5.41) is 2.19. The zero-order valence-corrected chi connectivity index (χ0v) is 22.0. The van der Waals surface area contributed by atoms with E-state index < -0.39 is 0 Å². The van der Waals surface area contributed by atoms with Crippen molar-refractivity contribution in [2.24, 2.45) is 12.0 Å². The first-order chi connectivity index (χ1) is 16.5. The van der Waals surface area contributed by atoms with Crippen LogP contribution in [0.2, 0.25) is 0 Å². The normalized spacial score (nSPS) is 15.6. The van der Waals surface area contributed by atoms with E-state index in [4.69, 9.17) is 4.99 Å². The van der Waals surface area contributed by atoms with Gasteiger partial charge in [-0.15, -0.1) is 11.3 Å². The van der Waals surface area contributed by atoms with Crippen molar-refractivity contribution in [3.63, 3.8) is 0 Å². The van der Waals surface area contributed by atoms with E-state index in [2.05, 4.69) is 50.1 Å². The lowest BCUT2D eigenvalue weighted by atomic mass is 10.1. The molecule has 1 fully saturated rings. The van der Waals surface area contributed by atoms with Crippen LogP contribution in [0.3, 0.4) is 0 Å². The number of hydrogen-bond acceptors (Lipinski definition) is 3. The van der Waals surface area contributed by atoms with Crippen molar-refractivity contribution in [1.82, 2.24) is 13.9 Å². The summed E-state index contributed by atoms with van der Waals surface area (Å²) in [7, 11) is 1.92. The fourth-order valence-corrected chi connectivity index (χ4v) is 6.28. The smallest absolute Gasteiger partial charge is 0.297 e. The maximum absolute atomic E-state index is 13.5. The Morgan fingerprint density at radius 2 is 1.74 bits per heavy atom. The highest BCUT2D eigenvalue weighted by atomic mass is 79.9. The summed E-state index contributed by atoms with van der Waals surface area (Å²) in [6.07, 6.45) is 7.34. The maximum Gasteiger partial charge on any atom is 0.297 e. The van der Waals surface area contributed by atoms with Crippen molar-refractivity contribution in [1.29, 1.82) is 0 Å². The summed E-state index contributed by atoms with van der Waals surface area (Å²) in [5.41, 5.74) is 4.47. The van der Waals surface area contributed by atoms with Crippen LogP contribution in [0.5, 0.6) is 0 Å². The van der Waals surface area contributed by atoms with Crippen LogP contribution in [-0.4, -0.2) is 13.9 Å². The molecule has 0 aliphatic heterocycles. The Labute approximate surface area is 212 Å². The maximum atomic E-state index is 13.5. The summed E-state index contributed by atoms with van der Waals surface area (Å²) in [6.45, 7) is 1.97. The van der Waals surface area contributed by atoms with Crippen molar-refractivity contribution in [2.75, 3.05) is 0 Å². The Kier molecular flexibility index (Phi) is 6.75.